The Bertz CT molecular complexity index is 629. The van der Waals surface area contributed by atoms with Gasteiger partial charge in [0.15, 0.2) is 11.5 Å². The van der Waals surface area contributed by atoms with Crippen LogP contribution in [0.3, 0.4) is 0 Å². The molecule has 1 amide bonds. The average molecular weight is 284 g/mol. The van der Waals surface area contributed by atoms with E-state index in [1.165, 1.54) is 0 Å². The van der Waals surface area contributed by atoms with Gasteiger partial charge < -0.3 is 14.8 Å². The van der Waals surface area contributed by atoms with Gasteiger partial charge in [-0.15, -0.1) is 0 Å². The van der Waals surface area contributed by atoms with E-state index in [1.54, 1.807) is 24.5 Å². The Balaban J connectivity index is 1.63. The Morgan fingerprint density at radius 3 is 2.81 bits per heavy atom. The van der Waals surface area contributed by atoms with Gasteiger partial charge in [0.2, 0.25) is 0 Å². The molecule has 5 heteroatoms. The molecule has 0 spiro atoms. The molecule has 0 saturated carbocycles. The number of carbonyl (C=O) groups is 1. The predicted molar refractivity (Wildman–Crippen MR) is 77.7 cm³/mol. The van der Waals surface area contributed by atoms with Gasteiger partial charge in [-0.05, 0) is 36.2 Å². The third kappa shape index (κ3) is 3.13. The summed E-state index contributed by atoms with van der Waals surface area (Å²) in [5.41, 5.74) is 1.65. The maximum atomic E-state index is 12.2. The molecular weight excluding hydrogens is 268 g/mol. The highest BCUT2D eigenvalue weighted by Crippen LogP contribution is 2.33. The molecule has 0 unspecified atom stereocenters. The first-order valence-electron chi connectivity index (χ1n) is 6.90. The zero-order valence-electron chi connectivity index (χ0n) is 11.5. The third-order valence-electron chi connectivity index (χ3n) is 3.26. The molecule has 2 heterocycles. The van der Waals surface area contributed by atoms with Gasteiger partial charge in [0, 0.05) is 18.9 Å². The fourth-order valence-electron chi connectivity index (χ4n) is 2.22. The molecule has 1 N–H and O–H groups in total. The highest BCUT2D eigenvalue weighted by atomic mass is 16.6. The number of aromatic nitrogens is 1. The van der Waals surface area contributed by atoms with E-state index in [9.17, 15) is 4.79 Å². The van der Waals surface area contributed by atoms with Gasteiger partial charge in [0.05, 0.1) is 5.56 Å². The summed E-state index contributed by atoms with van der Waals surface area (Å²) in [6, 6.07) is 9.23. The maximum Gasteiger partial charge on any atom is 0.255 e. The number of hydrogen-bond donors (Lipinski definition) is 1. The van der Waals surface area contributed by atoms with Crippen molar-refractivity contribution in [1.82, 2.24) is 10.3 Å². The van der Waals surface area contributed by atoms with Crippen LogP contribution < -0.4 is 14.8 Å². The minimum atomic E-state index is -0.147. The van der Waals surface area contributed by atoms with Gasteiger partial charge in [0.1, 0.15) is 13.2 Å². The summed E-state index contributed by atoms with van der Waals surface area (Å²) in [7, 11) is 0. The Kier molecular flexibility index (Phi) is 4.00. The van der Waals surface area contributed by atoms with Gasteiger partial charge in [-0.1, -0.05) is 6.07 Å². The van der Waals surface area contributed by atoms with E-state index < -0.39 is 0 Å². The lowest BCUT2D eigenvalue weighted by atomic mass is 10.1. The van der Waals surface area contributed by atoms with Crippen LogP contribution in [0.2, 0.25) is 0 Å². The second-order valence-corrected chi connectivity index (χ2v) is 4.69. The summed E-state index contributed by atoms with van der Waals surface area (Å²) in [6.45, 7) is 1.54. The third-order valence-corrected chi connectivity index (χ3v) is 3.26. The average Bonchev–Trinajstić information content (AvgIpc) is 2.55. The van der Waals surface area contributed by atoms with E-state index in [0.717, 1.165) is 12.0 Å². The number of carbonyl (C=O) groups excluding carboxylic acids is 1. The topological polar surface area (TPSA) is 60.5 Å². The van der Waals surface area contributed by atoms with Crippen molar-refractivity contribution in [2.45, 2.75) is 6.42 Å². The molecule has 1 aliphatic heterocycles. The molecular formula is C16H16N2O3. The van der Waals surface area contributed by atoms with Crippen LogP contribution in [0.4, 0.5) is 0 Å². The summed E-state index contributed by atoms with van der Waals surface area (Å²) < 4.78 is 11.0. The largest absolute Gasteiger partial charge is 0.486 e. The molecule has 0 saturated heterocycles. The number of pyridine rings is 1. The Hall–Kier alpha value is -2.56. The molecule has 1 aromatic carbocycles. The summed E-state index contributed by atoms with van der Waals surface area (Å²) in [5.74, 6) is 1.01. The number of amides is 1. The standard InChI is InChI=1S/C16H16N2O3/c19-16(18-9-6-12-4-7-17-8-5-12)13-2-1-3-14-15(13)21-11-10-20-14/h1-5,7-8H,6,9-11H2,(H,18,19). The van der Waals surface area contributed by atoms with Crippen molar-refractivity contribution in [1.29, 1.82) is 0 Å². The van der Waals surface area contributed by atoms with Crippen molar-refractivity contribution in [3.63, 3.8) is 0 Å². The fourth-order valence-corrected chi connectivity index (χ4v) is 2.22. The highest BCUT2D eigenvalue weighted by molar-refractivity contribution is 5.97. The lowest BCUT2D eigenvalue weighted by molar-refractivity contribution is 0.0943. The van der Waals surface area contributed by atoms with Crippen LogP contribution in [0.15, 0.2) is 42.7 Å². The van der Waals surface area contributed by atoms with Crippen molar-refractivity contribution in [3.8, 4) is 11.5 Å². The Morgan fingerprint density at radius 2 is 1.95 bits per heavy atom. The molecule has 108 valence electrons. The lowest BCUT2D eigenvalue weighted by Crippen LogP contribution is -2.27. The number of nitrogens with one attached hydrogen (secondary N) is 1. The molecule has 2 aromatic rings. The van der Waals surface area contributed by atoms with Crippen LogP contribution in [0.1, 0.15) is 15.9 Å². The van der Waals surface area contributed by atoms with Crippen LogP contribution in [-0.4, -0.2) is 30.6 Å². The zero-order chi connectivity index (χ0) is 14.5. The fraction of sp³-hybridized carbons (Fsp3) is 0.250. The minimum absolute atomic E-state index is 0.147. The van der Waals surface area contributed by atoms with Gasteiger partial charge in [-0.2, -0.15) is 0 Å². The van der Waals surface area contributed by atoms with Crippen LogP contribution in [0.5, 0.6) is 11.5 Å². The minimum Gasteiger partial charge on any atom is -0.486 e. The Labute approximate surface area is 122 Å². The first-order valence-corrected chi connectivity index (χ1v) is 6.90. The number of benzene rings is 1. The Morgan fingerprint density at radius 1 is 1.14 bits per heavy atom. The molecule has 0 atom stereocenters. The summed E-state index contributed by atoms with van der Waals surface area (Å²) in [4.78, 5) is 16.2. The number of nitrogens with zero attached hydrogens (tertiary/aromatic N) is 1. The SMILES string of the molecule is O=C(NCCc1ccncc1)c1cccc2c1OCCO2. The molecule has 1 aromatic heterocycles. The number of para-hydroxylation sites is 1. The van der Waals surface area contributed by atoms with Crippen molar-refractivity contribution in [2.24, 2.45) is 0 Å². The molecule has 5 nitrogen and oxygen atoms in total. The molecule has 0 fully saturated rings. The van der Waals surface area contributed by atoms with E-state index in [0.29, 0.717) is 36.8 Å². The van der Waals surface area contributed by atoms with Crippen molar-refractivity contribution < 1.29 is 14.3 Å². The van der Waals surface area contributed by atoms with Crippen LogP contribution in [-0.2, 0) is 6.42 Å². The van der Waals surface area contributed by atoms with Gasteiger partial charge in [0.25, 0.3) is 5.91 Å². The molecule has 21 heavy (non-hydrogen) atoms. The summed E-state index contributed by atoms with van der Waals surface area (Å²) in [6.07, 6.45) is 4.26. The molecule has 0 bridgehead atoms. The first kappa shape index (κ1) is 13.4. The zero-order valence-corrected chi connectivity index (χ0v) is 11.5. The van der Waals surface area contributed by atoms with E-state index in [4.69, 9.17) is 9.47 Å². The van der Waals surface area contributed by atoms with Gasteiger partial charge >= 0.3 is 0 Å². The van der Waals surface area contributed by atoms with E-state index in [1.807, 2.05) is 18.2 Å². The van der Waals surface area contributed by atoms with Gasteiger partial charge in [-0.25, -0.2) is 0 Å². The monoisotopic (exact) mass is 284 g/mol. The lowest BCUT2D eigenvalue weighted by Gasteiger charge is -2.20. The normalized spacial score (nSPS) is 12.8. The second-order valence-electron chi connectivity index (χ2n) is 4.69. The molecule has 3 rings (SSSR count). The van der Waals surface area contributed by atoms with Gasteiger partial charge in [-0.3, -0.25) is 9.78 Å². The second kappa shape index (κ2) is 6.26. The van der Waals surface area contributed by atoms with Crippen LogP contribution in [0.25, 0.3) is 0 Å². The van der Waals surface area contributed by atoms with E-state index in [-0.39, 0.29) is 5.91 Å². The summed E-state index contributed by atoms with van der Waals surface area (Å²) in [5, 5.41) is 2.90. The number of ether oxygens (including phenoxy) is 2. The number of rotatable bonds is 4. The predicted octanol–water partition coefficient (Wildman–Crippen LogP) is 1.83. The number of fused-ring (bicyclic) bond motifs is 1. The van der Waals surface area contributed by atoms with E-state index in [2.05, 4.69) is 10.3 Å². The molecule has 0 radical (unpaired) electrons. The van der Waals surface area contributed by atoms with Crippen molar-refractivity contribution in [2.75, 3.05) is 19.8 Å². The van der Waals surface area contributed by atoms with Crippen molar-refractivity contribution in [3.05, 3.63) is 53.9 Å². The smallest absolute Gasteiger partial charge is 0.255 e. The summed E-state index contributed by atoms with van der Waals surface area (Å²) >= 11 is 0. The quantitative estimate of drug-likeness (QED) is 0.930. The molecule has 0 aliphatic carbocycles. The molecule has 1 aliphatic rings. The number of hydrogen-bond acceptors (Lipinski definition) is 4. The highest BCUT2D eigenvalue weighted by Gasteiger charge is 2.19. The van der Waals surface area contributed by atoms with Crippen LogP contribution >= 0.6 is 0 Å². The van der Waals surface area contributed by atoms with E-state index >= 15 is 0 Å². The maximum absolute atomic E-state index is 12.2. The van der Waals surface area contributed by atoms with Crippen LogP contribution in [0, 0.1) is 0 Å². The van der Waals surface area contributed by atoms with Crippen molar-refractivity contribution >= 4 is 5.91 Å². The first-order chi connectivity index (χ1) is 10.3.